The molecule has 140 valence electrons. The van der Waals surface area contributed by atoms with E-state index in [1.807, 2.05) is 0 Å². The van der Waals surface area contributed by atoms with Gasteiger partial charge in [-0.15, -0.1) is 0 Å². The van der Waals surface area contributed by atoms with Crippen molar-refractivity contribution in [1.29, 1.82) is 0 Å². The first-order valence-electron chi connectivity index (χ1n) is 8.61. The molecule has 1 aromatic carbocycles. The number of rotatable bonds is 6. The standard InChI is InChI=1S/C19H24N2O5/c1-20(10-13-7-9-26-12-13)17(22)11-21-8-6-14-15(19(21)23)4-5-16(24-2)18(14)25-3/h4-6,8,13H,7,9-12H2,1-3H3/t13-/m0/s1. The van der Waals surface area contributed by atoms with Crippen LogP contribution in [0, 0.1) is 5.92 Å². The van der Waals surface area contributed by atoms with Crippen molar-refractivity contribution in [1.82, 2.24) is 9.47 Å². The summed E-state index contributed by atoms with van der Waals surface area (Å²) in [6, 6.07) is 5.16. The highest BCUT2D eigenvalue weighted by atomic mass is 16.5. The Bertz CT molecular complexity index is 855. The van der Waals surface area contributed by atoms with Gasteiger partial charge < -0.3 is 23.7 Å². The van der Waals surface area contributed by atoms with Crippen LogP contribution in [0.3, 0.4) is 0 Å². The van der Waals surface area contributed by atoms with Gasteiger partial charge in [0.2, 0.25) is 5.91 Å². The van der Waals surface area contributed by atoms with Gasteiger partial charge in [0.05, 0.1) is 26.2 Å². The lowest BCUT2D eigenvalue weighted by molar-refractivity contribution is -0.131. The third-order valence-corrected chi connectivity index (χ3v) is 4.78. The van der Waals surface area contributed by atoms with Gasteiger partial charge in [-0.3, -0.25) is 9.59 Å². The average Bonchev–Trinajstić information content (AvgIpc) is 3.15. The predicted octanol–water partition coefficient (Wildman–Crippen LogP) is 1.51. The van der Waals surface area contributed by atoms with E-state index < -0.39 is 0 Å². The van der Waals surface area contributed by atoms with Crippen molar-refractivity contribution >= 4 is 16.7 Å². The summed E-state index contributed by atoms with van der Waals surface area (Å²) >= 11 is 0. The van der Waals surface area contributed by atoms with Crippen LogP contribution in [-0.4, -0.2) is 56.4 Å². The number of carbonyl (C=O) groups is 1. The lowest BCUT2D eigenvalue weighted by atomic mass is 10.1. The van der Waals surface area contributed by atoms with Crippen molar-refractivity contribution in [3.05, 3.63) is 34.7 Å². The Balaban J connectivity index is 1.83. The zero-order chi connectivity index (χ0) is 18.7. The summed E-state index contributed by atoms with van der Waals surface area (Å²) in [6.45, 7) is 2.09. The maximum atomic E-state index is 12.8. The predicted molar refractivity (Wildman–Crippen MR) is 97.9 cm³/mol. The first kappa shape index (κ1) is 18.3. The monoisotopic (exact) mass is 360 g/mol. The molecule has 0 radical (unpaired) electrons. The zero-order valence-electron chi connectivity index (χ0n) is 15.4. The van der Waals surface area contributed by atoms with E-state index in [4.69, 9.17) is 14.2 Å². The third-order valence-electron chi connectivity index (χ3n) is 4.78. The highest BCUT2D eigenvalue weighted by Crippen LogP contribution is 2.33. The van der Waals surface area contributed by atoms with Crippen LogP contribution in [0.5, 0.6) is 11.5 Å². The third kappa shape index (κ3) is 3.53. The summed E-state index contributed by atoms with van der Waals surface area (Å²) in [5.41, 5.74) is -0.227. The van der Waals surface area contributed by atoms with Crippen LogP contribution < -0.4 is 15.0 Å². The first-order valence-corrected chi connectivity index (χ1v) is 8.61. The zero-order valence-corrected chi connectivity index (χ0v) is 15.4. The molecule has 0 aliphatic carbocycles. The molecule has 26 heavy (non-hydrogen) atoms. The van der Waals surface area contributed by atoms with Crippen LogP contribution in [0.25, 0.3) is 10.8 Å². The molecule has 2 aromatic rings. The number of ether oxygens (including phenoxy) is 3. The van der Waals surface area contributed by atoms with Crippen LogP contribution in [0.15, 0.2) is 29.2 Å². The van der Waals surface area contributed by atoms with Crippen LogP contribution in [0.1, 0.15) is 6.42 Å². The van der Waals surface area contributed by atoms with Gasteiger partial charge in [-0.25, -0.2) is 0 Å². The van der Waals surface area contributed by atoms with E-state index in [-0.39, 0.29) is 18.0 Å². The molecule has 1 amide bonds. The lowest BCUT2D eigenvalue weighted by Gasteiger charge is -2.21. The number of likely N-dealkylation sites (N-methyl/N-ethyl adjacent to an activating group) is 1. The molecular weight excluding hydrogens is 336 g/mol. The molecule has 3 rings (SSSR count). The van der Waals surface area contributed by atoms with E-state index in [1.54, 1.807) is 43.5 Å². The molecule has 1 aromatic heterocycles. The summed E-state index contributed by atoms with van der Waals surface area (Å²) in [5.74, 6) is 1.35. The number of hydrogen-bond acceptors (Lipinski definition) is 5. The number of hydrogen-bond donors (Lipinski definition) is 0. The van der Waals surface area contributed by atoms with Gasteiger partial charge in [0, 0.05) is 37.7 Å². The molecule has 7 heteroatoms. The largest absolute Gasteiger partial charge is 0.493 e. The fraction of sp³-hybridized carbons (Fsp3) is 0.474. The normalized spacial score (nSPS) is 16.7. The van der Waals surface area contributed by atoms with Crippen LogP contribution >= 0.6 is 0 Å². The molecule has 0 N–H and O–H groups in total. The van der Waals surface area contributed by atoms with Crippen molar-refractivity contribution in [3.8, 4) is 11.5 Å². The van der Waals surface area contributed by atoms with Gasteiger partial charge in [-0.1, -0.05) is 0 Å². The molecule has 0 saturated carbocycles. The Kier molecular flexibility index (Phi) is 5.46. The van der Waals surface area contributed by atoms with E-state index in [1.165, 1.54) is 11.7 Å². The second-order valence-corrected chi connectivity index (χ2v) is 6.51. The van der Waals surface area contributed by atoms with Crippen molar-refractivity contribution in [2.45, 2.75) is 13.0 Å². The molecular formula is C19H24N2O5. The molecule has 0 spiro atoms. The van der Waals surface area contributed by atoms with E-state index >= 15 is 0 Å². The Morgan fingerprint density at radius 3 is 2.73 bits per heavy atom. The Morgan fingerprint density at radius 2 is 2.08 bits per heavy atom. The van der Waals surface area contributed by atoms with Crippen LogP contribution in [0.4, 0.5) is 0 Å². The Labute approximate surface area is 152 Å². The number of pyridine rings is 1. The van der Waals surface area contributed by atoms with Crippen molar-refractivity contribution < 1.29 is 19.0 Å². The summed E-state index contributed by atoms with van der Waals surface area (Å²) in [7, 11) is 4.85. The smallest absolute Gasteiger partial charge is 0.259 e. The van der Waals surface area contributed by atoms with Crippen LogP contribution in [0.2, 0.25) is 0 Å². The first-order chi connectivity index (χ1) is 12.5. The highest BCUT2D eigenvalue weighted by Gasteiger charge is 2.21. The lowest BCUT2D eigenvalue weighted by Crippen LogP contribution is -2.36. The second kappa shape index (κ2) is 7.78. The van der Waals surface area contributed by atoms with Gasteiger partial charge in [0.25, 0.3) is 5.56 Å². The number of carbonyl (C=O) groups excluding carboxylic acids is 1. The fourth-order valence-corrected chi connectivity index (χ4v) is 3.30. The van der Waals surface area contributed by atoms with E-state index in [0.717, 1.165) is 13.0 Å². The van der Waals surface area contributed by atoms with Gasteiger partial charge in [0.15, 0.2) is 11.5 Å². The molecule has 0 unspecified atom stereocenters. The Morgan fingerprint density at radius 1 is 1.27 bits per heavy atom. The number of fused-ring (bicyclic) bond motifs is 1. The topological polar surface area (TPSA) is 70.0 Å². The maximum absolute atomic E-state index is 12.8. The molecule has 0 bridgehead atoms. The number of benzene rings is 1. The van der Waals surface area contributed by atoms with E-state index in [9.17, 15) is 9.59 Å². The number of amides is 1. The van der Waals surface area contributed by atoms with Gasteiger partial charge >= 0.3 is 0 Å². The van der Waals surface area contributed by atoms with Gasteiger partial charge in [0.1, 0.15) is 6.54 Å². The minimum Gasteiger partial charge on any atom is -0.493 e. The highest BCUT2D eigenvalue weighted by molar-refractivity contribution is 5.90. The average molecular weight is 360 g/mol. The van der Waals surface area contributed by atoms with Gasteiger partial charge in [-0.05, 0) is 24.6 Å². The molecule has 1 saturated heterocycles. The molecule has 1 atom stereocenters. The SMILES string of the molecule is COc1ccc2c(=O)n(CC(=O)N(C)C[C@@H]3CCOC3)ccc2c1OC. The molecule has 1 aliphatic rings. The number of methoxy groups -OCH3 is 2. The molecule has 1 fully saturated rings. The Hall–Kier alpha value is -2.54. The summed E-state index contributed by atoms with van der Waals surface area (Å²) in [4.78, 5) is 26.9. The van der Waals surface area contributed by atoms with Crippen molar-refractivity contribution in [3.63, 3.8) is 0 Å². The van der Waals surface area contributed by atoms with Gasteiger partial charge in [-0.2, -0.15) is 0 Å². The summed E-state index contributed by atoms with van der Waals surface area (Å²) < 4.78 is 17.4. The number of nitrogens with zero attached hydrogens (tertiary/aromatic N) is 2. The molecule has 2 heterocycles. The van der Waals surface area contributed by atoms with Crippen LogP contribution in [-0.2, 0) is 16.1 Å². The van der Waals surface area contributed by atoms with E-state index in [0.29, 0.717) is 41.3 Å². The second-order valence-electron chi connectivity index (χ2n) is 6.51. The minimum absolute atomic E-state index is 0.00714. The van der Waals surface area contributed by atoms with E-state index in [2.05, 4.69) is 0 Å². The summed E-state index contributed by atoms with van der Waals surface area (Å²) in [5, 5.41) is 1.15. The molecule has 7 nitrogen and oxygen atoms in total. The quantitative estimate of drug-likeness (QED) is 0.781. The fourth-order valence-electron chi connectivity index (χ4n) is 3.30. The van der Waals surface area contributed by atoms with Crippen molar-refractivity contribution in [2.24, 2.45) is 5.92 Å². The number of aromatic nitrogens is 1. The van der Waals surface area contributed by atoms with Crippen molar-refractivity contribution in [2.75, 3.05) is 41.0 Å². The molecule has 1 aliphatic heterocycles. The minimum atomic E-state index is -0.227. The maximum Gasteiger partial charge on any atom is 0.259 e. The summed E-state index contributed by atoms with van der Waals surface area (Å²) in [6.07, 6.45) is 2.59.